The number of ether oxygens (including phenoxy) is 1. The molecule has 2 saturated heterocycles. The summed E-state index contributed by atoms with van der Waals surface area (Å²) in [4.78, 5) is 27.1. The molecule has 0 radical (unpaired) electrons. The van der Waals surface area contributed by atoms with Crippen LogP contribution in [-0.2, 0) is 9.84 Å². The molecule has 5 aromatic rings. The van der Waals surface area contributed by atoms with Crippen LogP contribution < -0.4 is 10.5 Å². The van der Waals surface area contributed by atoms with Gasteiger partial charge in [0.1, 0.15) is 28.6 Å². The number of aromatic nitrogens is 7. The highest BCUT2D eigenvalue weighted by atomic mass is 32.2. The number of hydrogen-bond donors (Lipinski definition) is 2. The van der Waals surface area contributed by atoms with Crippen LogP contribution >= 0.6 is 0 Å². The highest BCUT2D eigenvalue weighted by Gasteiger charge is 2.46. The van der Waals surface area contributed by atoms with Gasteiger partial charge in [-0.25, -0.2) is 17.8 Å². The molecule has 7 rings (SSSR count). The number of H-pyrrole nitrogens is 1. The zero-order valence-corrected chi connectivity index (χ0v) is 24.6. The Morgan fingerprint density at radius 2 is 1.89 bits per heavy atom. The molecule has 44 heavy (non-hydrogen) atoms. The first-order valence-corrected chi connectivity index (χ1v) is 15.9. The molecule has 4 aromatic heterocycles. The van der Waals surface area contributed by atoms with Crippen molar-refractivity contribution < 1.29 is 22.3 Å². The lowest BCUT2D eigenvalue weighted by Gasteiger charge is -2.38. The highest BCUT2D eigenvalue weighted by molar-refractivity contribution is 7.91. The van der Waals surface area contributed by atoms with Gasteiger partial charge in [-0.05, 0) is 43.9 Å². The summed E-state index contributed by atoms with van der Waals surface area (Å²) >= 11 is 0. The highest BCUT2D eigenvalue weighted by Crippen LogP contribution is 2.45. The number of fused-ring (bicyclic) bond motifs is 3. The number of carbonyl (C=O) groups excluding carboxylic acids is 1. The molecule has 0 spiro atoms. The fraction of sp³-hybridized carbons (Fsp3) is 0.310. The van der Waals surface area contributed by atoms with Gasteiger partial charge in [-0.15, -0.1) is 10.2 Å². The van der Waals surface area contributed by atoms with Gasteiger partial charge in [-0.1, -0.05) is 6.07 Å². The van der Waals surface area contributed by atoms with Gasteiger partial charge in [-0.2, -0.15) is 9.61 Å². The molecule has 0 saturated carbocycles. The van der Waals surface area contributed by atoms with E-state index in [0.717, 1.165) is 19.1 Å². The van der Waals surface area contributed by atoms with Crippen molar-refractivity contribution in [1.82, 2.24) is 39.7 Å². The van der Waals surface area contributed by atoms with Crippen LogP contribution in [0.15, 0.2) is 53.9 Å². The number of amides is 1. The minimum absolute atomic E-state index is 0.0313. The number of nitrogens with two attached hydrogens (primary N) is 1. The van der Waals surface area contributed by atoms with Gasteiger partial charge in [0.25, 0.3) is 5.91 Å². The number of anilines is 1. The molecule has 1 amide bonds. The van der Waals surface area contributed by atoms with Gasteiger partial charge in [-0.3, -0.25) is 9.78 Å². The van der Waals surface area contributed by atoms with Gasteiger partial charge >= 0.3 is 0 Å². The normalized spacial score (nSPS) is 19.9. The Labute approximate surface area is 251 Å². The smallest absolute Gasteiger partial charge is 0.292 e. The predicted octanol–water partition coefficient (Wildman–Crippen LogP) is 3.26. The SMILES string of the molecule is COc1ccc(-c2ccc(-c3cnn4c(N)c(S(C)(=O)=O)c(C5CC6CC[C@H](C5)N6C(=O)c5nnc[nH]5)nc34)cn2)c(F)c1. The van der Waals surface area contributed by atoms with Gasteiger partial charge in [0, 0.05) is 53.2 Å². The lowest BCUT2D eigenvalue weighted by molar-refractivity contribution is 0.0556. The van der Waals surface area contributed by atoms with E-state index in [2.05, 4.69) is 25.3 Å². The number of hydrogen-bond acceptors (Lipinski definition) is 10. The lowest BCUT2D eigenvalue weighted by atomic mass is 9.87. The maximum atomic E-state index is 14.7. The summed E-state index contributed by atoms with van der Waals surface area (Å²) in [7, 11) is -2.32. The minimum atomic E-state index is -3.79. The Morgan fingerprint density at radius 1 is 1.11 bits per heavy atom. The predicted molar refractivity (Wildman–Crippen MR) is 157 cm³/mol. The van der Waals surface area contributed by atoms with E-state index in [1.54, 1.807) is 36.7 Å². The average molecular weight is 618 g/mol. The van der Waals surface area contributed by atoms with Crippen molar-refractivity contribution in [2.45, 2.75) is 48.6 Å². The molecule has 2 fully saturated rings. The van der Waals surface area contributed by atoms with E-state index >= 15 is 0 Å². The number of nitrogens with one attached hydrogen (secondary N) is 1. The fourth-order valence-electron chi connectivity index (χ4n) is 6.59. The van der Waals surface area contributed by atoms with Crippen LogP contribution in [0.25, 0.3) is 28.0 Å². The largest absolute Gasteiger partial charge is 0.497 e. The number of halogens is 1. The zero-order valence-electron chi connectivity index (χ0n) is 23.8. The quantitative estimate of drug-likeness (QED) is 0.288. The second-order valence-corrected chi connectivity index (χ2v) is 13.1. The second-order valence-electron chi connectivity index (χ2n) is 11.2. The summed E-state index contributed by atoms with van der Waals surface area (Å²) in [5.41, 5.74) is 9.24. The van der Waals surface area contributed by atoms with Crippen LogP contribution in [-0.4, -0.2) is 79.4 Å². The van der Waals surface area contributed by atoms with Crippen LogP contribution in [0.3, 0.4) is 0 Å². The van der Waals surface area contributed by atoms with E-state index < -0.39 is 15.7 Å². The number of nitrogen functional groups attached to an aromatic ring is 1. The number of methoxy groups -OCH3 is 1. The van der Waals surface area contributed by atoms with Gasteiger partial charge in [0.2, 0.25) is 5.82 Å². The summed E-state index contributed by atoms with van der Waals surface area (Å²) < 4.78 is 47.3. The lowest BCUT2D eigenvalue weighted by Crippen LogP contribution is -2.46. The summed E-state index contributed by atoms with van der Waals surface area (Å²) in [6.07, 6.45) is 8.25. The molecule has 226 valence electrons. The molecular weight excluding hydrogens is 589 g/mol. The van der Waals surface area contributed by atoms with E-state index in [1.807, 2.05) is 4.90 Å². The van der Waals surface area contributed by atoms with Crippen molar-refractivity contribution in [1.29, 1.82) is 0 Å². The number of aromatic amines is 1. The number of pyridine rings is 1. The molecular formula is C29H28FN9O4S. The van der Waals surface area contributed by atoms with Crippen molar-refractivity contribution in [3.05, 3.63) is 66.4 Å². The topological polar surface area (TPSA) is 174 Å². The van der Waals surface area contributed by atoms with Crippen LogP contribution in [0.1, 0.15) is 47.9 Å². The molecule has 3 N–H and O–H groups in total. The first kappa shape index (κ1) is 27.9. The number of benzene rings is 1. The third-order valence-electron chi connectivity index (χ3n) is 8.53. The maximum absolute atomic E-state index is 14.7. The summed E-state index contributed by atoms with van der Waals surface area (Å²) in [6.45, 7) is 0. The van der Waals surface area contributed by atoms with Gasteiger partial charge in [0.05, 0.1) is 24.7 Å². The Bertz CT molecular complexity index is 2000. The van der Waals surface area contributed by atoms with Crippen LogP contribution in [0, 0.1) is 5.82 Å². The number of rotatable bonds is 6. The van der Waals surface area contributed by atoms with Crippen LogP contribution in [0.2, 0.25) is 0 Å². The van der Waals surface area contributed by atoms with Crippen molar-refractivity contribution in [3.8, 4) is 28.1 Å². The summed E-state index contributed by atoms with van der Waals surface area (Å²) in [5, 5.41) is 12.0. The van der Waals surface area contributed by atoms with Crippen molar-refractivity contribution in [3.63, 3.8) is 0 Å². The minimum Gasteiger partial charge on any atom is -0.497 e. The molecule has 2 aliphatic rings. The van der Waals surface area contributed by atoms with E-state index in [0.29, 0.717) is 52.3 Å². The van der Waals surface area contributed by atoms with Crippen LogP contribution in [0.4, 0.5) is 10.2 Å². The Morgan fingerprint density at radius 3 is 2.50 bits per heavy atom. The number of carbonyl (C=O) groups is 1. The molecule has 1 aromatic carbocycles. The second kappa shape index (κ2) is 10.4. The fourth-order valence-corrected chi connectivity index (χ4v) is 7.64. The standard InChI is InChI=1S/C29H28FN9O4S/c1-43-19-6-7-20(22(30)11-19)23-8-3-15(12-32-23)21-13-35-39-26(31)25(44(2,41)42)24(36-28(21)39)16-9-17-4-5-18(10-16)38(17)29(40)27-33-14-34-37-27/h3,6-8,11-14,16-18H,4-5,9-10,31H2,1-2H3,(H,33,34,37)/t16?,17-,18?/m1/s1. The first-order valence-electron chi connectivity index (χ1n) is 14.0. The molecule has 3 atom stereocenters. The number of piperidine rings is 1. The summed E-state index contributed by atoms with van der Waals surface area (Å²) in [5.74, 6) is -0.388. The molecule has 2 aliphatic heterocycles. The molecule has 13 nitrogen and oxygen atoms in total. The Hall–Kier alpha value is -4.92. The Kier molecular flexibility index (Phi) is 6.57. The monoisotopic (exact) mass is 617 g/mol. The maximum Gasteiger partial charge on any atom is 0.292 e. The van der Waals surface area contributed by atoms with Crippen molar-refractivity contribution >= 4 is 27.2 Å². The number of sulfone groups is 1. The van der Waals surface area contributed by atoms with E-state index in [9.17, 15) is 17.6 Å². The molecule has 0 aliphatic carbocycles. The van der Waals surface area contributed by atoms with E-state index in [-0.39, 0.29) is 40.4 Å². The van der Waals surface area contributed by atoms with E-state index in [4.69, 9.17) is 15.5 Å². The average Bonchev–Trinajstić information content (AvgIpc) is 3.75. The Balaban J connectivity index is 1.27. The molecule has 2 unspecified atom stereocenters. The first-order chi connectivity index (χ1) is 21.1. The third kappa shape index (κ3) is 4.54. The van der Waals surface area contributed by atoms with Gasteiger partial charge < -0.3 is 20.4 Å². The zero-order chi connectivity index (χ0) is 30.7. The van der Waals surface area contributed by atoms with Crippen LogP contribution in [0.5, 0.6) is 5.75 Å². The van der Waals surface area contributed by atoms with Crippen molar-refractivity contribution in [2.24, 2.45) is 0 Å². The molecule has 6 heterocycles. The molecule has 2 bridgehead atoms. The third-order valence-corrected chi connectivity index (χ3v) is 9.69. The van der Waals surface area contributed by atoms with Gasteiger partial charge in [0.15, 0.2) is 15.5 Å². The number of nitrogens with zero attached hydrogens (tertiary/aromatic N) is 7. The van der Waals surface area contributed by atoms with E-state index in [1.165, 1.54) is 24.0 Å². The summed E-state index contributed by atoms with van der Waals surface area (Å²) in [6, 6.07) is 7.81. The van der Waals surface area contributed by atoms with Crippen molar-refractivity contribution in [2.75, 3.05) is 19.1 Å². The molecule has 15 heteroatoms.